The second-order valence-corrected chi connectivity index (χ2v) is 6.41. The number of halogens is 4. The molecule has 1 N–H and O–H groups in total. The van der Waals surface area contributed by atoms with Gasteiger partial charge in [-0.15, -0.1) is 0 Å². The Hall–Kier alpha value is -1.69. The molecule has 156 valence electrons. The smallest absolute Gasteiger partial charge is 0.548 e. The Morgan fingerprint density at radius 3 is 2.50 bits per heavy atom. The van der Waals surface area contributed by atoms with Gasteiger partial charge in [0.25, 0.3) is 5.69 Å². The van der Waals surface area contributed by atoms with Crippen LogP contribution in [0.1, 0.15) is 5.56 Å². The fraction of sp³-hybridized carbons (Fsp3) is 0.235. The van der Waals surface area contributed by atoms with Crippen molar-refractivity contribution in [2.24, 2.45) is 0 Å². The van der Waals surface area contributed by atoms with Gasteiger partial charge in [0.05, 0.1) is 29.1 Å². The van der Waals surface area contributed by atoms with Gasteiger partial charge >= 0.3 is 34.9 Å². The Labute approximate surface area is 201 Å². The van der Waals surface area contributed by atoms with Crippen LogP contribution in [-0.2, 0) is 14.9 Å². The Bertz CT molecular complexity index is 914. The molecule has 0 aliphatic carbocycles. The quantitative estimate of drug-likeness (QED) is 0.176. The molecule has 0 atom stereocenters. The number of rotatable bonds is 10. The number of hydrogen-bond acceptors (Lipinski definition) is 7. The summed E-state index contributed by atoms with van der Waals surface area (Å²) in [5.41, 5.74) is -0.704. The Morgan fingerprint density at radius 1 is 1.23 bits per heavy atom. The van der Waals surface area contributed by atoms with Crippen LogP contribution in [0.3, 0.4) is 0 Å². The minimum absolute atomic E-state index is 0. The molecule has 2 aromatic carbocycles. The molecule has 30 heavy (non-hydrogen) atoms. The standard InChI is InChI=1S/C17H14Cl2F2N2O6.Na/c18-12-7-10(17(19,20)21)1-4-15(12)29-11-2-3-14(23(26)27)13(8-11)22-5-6-28-9-16(24)25;/h1-4,7-8,22H,5-6,9H2,(H,24,25);/q;+1/p-1. The van der Waals surface area contributed by atoms with E-state index in [0.29, 0.717) is 0 Å². The minimum atomic E-state index is -3.59. The fourth-order valence-corrected chi connectivity index (χ4v) is 2.52. The van der Waals surface area contributed by atoms with Crippen LogP contribution < -0.4 is 44.7 Å². The van der Waals surface area contributed by atoms with Crippen molar-refractivity contribution in [1.29, 1.82) is 0 Å². The Morgan fingerprint density at radius 2 is 1.93 bits per heavy atom. The van der Waals surface area contributed by atoms with Gasteiger partial charge in [-0.25, -0.2) is 0 Å². The molecular formula is C17H13Cl2F2N2NaO6. The average molecular weight is 473 g/mol. The summed E-state index contributed by atoms with van der Waals surface area (Å²) in [5.74, 6) is -1.21. The van der Waals surface area contributed by atoms with E-state index in [9.17, 15) is 28.8 Å². The van der Waals surface area contributed by atoms with E-state index in [1.807, 2.05) is 0 Å². The molecule has 0 spiro atoms. The monoisotopic (exact) mass is 472 g/mol. The molecule has 0 radical (unpaired) electrons. The van der Waals surface area contributed by atoms with Crippen molar-refractivity contribution in [2.45, 2.75) is 5.38 Å². The van der Waals surface area contributed by atoms with Crippen molar-refractivity contribution < 1.29 is 62.6 Å². The summed E-state index contributed by atoms with van der Waals surface area (Å²) in [7, 11) is 0. The number of alkyl halides is 3. The van der Waals surface area contributed by atoms with Crippen LogP contribution in [0.25, 0.3) is 0 Å². The number of nitrogens with zero attached hydrogens (tertiary/aromatic N) is 1. The van der Waals surface area contributed by atoms with Crippen LogP contribution in [0.15, 0.2) is 36.4 Å². The first-order chi connectivity index (χ1) is 13.6. The predicted octanol–water partition coefficient (Wildman–Crippen LogP) is 0.511. The van der Waals surface area contributed by atoms with E-state index in [2.05, 4.69) is 5.32 Å². The summed E-state index contributed by atoms with van der Waals surface area (Å²) >= 11 is 10.9. The van der Waals surface area contributed by atoms with Gasteiger partial charge < -0.3 is 24.7 Å². The van der Waals surface area contributed by atoms with Crippen LogP contribution in [0.2, 0.25) is 5.02 Å². The van der Waals surface area contributed by atoms with E-state index < -0.39 is 28.4 Å². The van der Waals surface area contributed by atoms with Crippen LogP contribution in [0.5, 0.6) is 11.5 Å². The maximum absolute atomic E-state index is 13.1. The van der Waals surface area contributed by atoms with E-state index in [-0.39, 0.29) is 70.6 Å². The average Bonchev–Trinajstić information content (AvgIpc) is 2.62. The van der Waals surface area contributed by atoms with Crippen molar-refractivity contribution in [3.05, 3.63) is 57.1 Å². The van der Waals surface area contributed by atoms with Crippen molar-refractivity contribution in [2.75, 3.05) is 25.1 Å². The first kappa shape index (κ1) is 26.3. The molecule has 0 heterocycles. The van der Waals surface area contributed by atoms with Crippen molar-refractivity contribution >= 4 is 40.5 Å². The van der Waals surface area contributed by atoms with Gasteiger partial charge in [-0.05, 0) is 35.9 Å². The molecule has 0 aliphatic rings. The van der Waals surface area contributed by atoms with Crippen LogP contribution in [-0.4, -0.2) is 30.7 Å². The van der Waals surface area contributed by atoms with E-state index in [4.69, 9.17) is 32.7 Å². The molecule has 0 amide bonds. The zero-order valence-corrected chi connectivity index (χ0v) is 19.0. The molecule has 13 heteroatoms. The third kappa shape index (κ3) is 7.86. The van der Waals surface area contributed by atoms with Crippen molar-refractivity contribution in [1.82, 2.24) is 0 Å². The summed E-state index contributed by atoms with van der Waals surface area (Å²) in [5, 5.41) is 20.4. The van der Waals surface area contributed by atoms with Gasteiger partial charge in [-0.3, -0.25) is 10.1 Å². The fourth-order valence-electron chi connectivity index (χ4n) is 2.18. The van der Waals surface area contributed by atoms with Gasteiger partial charge in [-0.1, -0.05) is 11.6 Å². The van der Waals surface area contributed by atoms with Gasteiger partial charge in [0.15, 0.2) is 0 Å². The third-order valence-corrected chi connectivity index (χ3v) is 3.95. The minimum Gasteiger partial charge on any atom is -0.548 e. The number of carboxylic acid groups (broad SMARTS) is 1. The first-order valence-corrected chi connectivity index (χ1v) is 8.68. The van der Waals surface area contributed by atoms with Crippen LogP contribution >= 0.6 is 23.2 Å². The number of anilines is 1. The van der Waals surface area contributed by atoms with E-state index in [0.717, 1.165) is 12.1 Å². The van der Waals surface area contributed by atoms with Crippen LogP contribution in [0.4, 0.5) is 20.2 Å². The molecule has 0 aromatic heterocycles. The summed E-state index contributed by atoms with van der Waals surface area (Å²) < 4.78 is 36.6. The molecule has 2 rings (SSSR count). The number of nitrogens with one attached hydrogen (secondary N) is 1. The SMILES string of the molecule is O=C([O-])COCCNc1cc(Oc2ccc(C(F)(F)Cl)cc2Cl)ccc1[N+](=O)[O-].[Na+]. The van der Waals surface area contributed by atoms with E-state index in [1.54, 1.807) is 0 Å². The number of nitro groups is 1. The molecule has 8 nitrogen and oxygen atoms in total. The normalized spacial score (nSPS) is 10.8. The Kier molecular flexibility index (Phi) is 10.2. The van der Waals surface area contributed by atoms with Gasteiger partial charge in [0, 0.05) is 24.2 Å². The van der Waals surface area contributed by atoms with Gasteiger partial charge in [0.1, 0.15) is 17.2 Å². The number of ether oxygens (including phenoxy) is 2. The molecule has 0 fully saturated rings. The second kappa shape index (κ2) is 11.6. The number of benzene rings is 2. The van der Waals surface area contributed by atoms with Crippen LogP contribution in [0, 0.1) is 10.1 Å². The van der Waals surface area contributed by atoms with E-state index >= 15 is 0 Å². The van der Waals surface area contributed by atoms with Crippen molar-refractivity contribution in [3.63, 3.8) is 0 Å². The maximum atomic E-state index is 13.1. The zero-order chi connectivity index (χ0) is 21.6. The number of hydrogen-bond donors (Lipinski definition) is 1. The van der Waals surface area contributed by atoms with E-state index in [1.165, 1.54) is 24.3 Å². The molecule has 2 aromatic rings. The molecule has 0 saturated heterocycles. The number of carbonyl (C=O) groups is 1. The molecule has 0 saturated carbocycles. The maximum Gasteiger partial charge on any atom is 1.00 e. The topological polar surface area (TPSA) is 114 Å². The van der Waals surface area contributed by atoms with Gasteiger partial charge in [-0.2, -0.15) is 8.78 Å². The molecule has 0 unspecified atom stereocenters. The molecule has 0 aliphatic heterocycles. The zero-order valence-electron chi connectivity index (χ0n) is 15.5. The molecular weight excluding hydrogens is 460 g/mol. The number of carboxylic acids is 1. The van der Waals surface area contributed by atoms with Gasteiger partial charge in [0.2, 0.25) is 0 Å². The number of carbonyl (C=O) groups excluding carboxylic acids is 1. The second-order valence-electron chi connectivity index (χ2n) is 5.53. The summed E-state index contributed by atoms with van der Waals surface area (Å²) in [6.45, 7) is -0.587. The number of nitro benzene ring substituents is 1. The first-order valence-electron chi connectivity index (χ1n) is 7.92. The Balaban J connectivity index is 0.00000450. The van der Waals surface area contributed by atoms with Crippen molar-refractivity contribution in [3.8, 4) is 11.5 Å². The summed E-state index contributed by atoms with van der Waals surface area (Å²) in [6.07, 6.45) is 0. The third-order valence-electron chi connectivity index (χ3n) is 3.43. The largest absolute Gasteiger partial charge is 1.00 e. The predicted molar refractivity (Wildman–Crippen MR) is 98.7 cm³/mol. The summed E-state index contributed by atoms with van der Waals surface area (Å²) in [6, 6.07) is 6.95. The molecule has 0 bridgehead atoms. The summed E-state index contributed by atoms with van der Waals surface area (Å²) in [4.78, 5) is 20.8. The number of aliphatic carboxylic acids is 1.